The van der Waals surface area contributed by atoms with Crippen LogP contribution in [0.2, 0.25) is 5.02 Å². The highest BCUT2D eigenvalue weighted by Crippen LogP contribution is 2.33. The van der Waals surface area contributed by atoms with E-state index in [1.807, 2.05) is 26.0 Å². The molecule has 5 nitrogen and oxygen atoms in total. The molecule has 0 aliphatic carbocycles. The van der Waals surface area contributed by atoms with Gasteiger partial charge in [-0.1, -0.05) is 11.6 Å². The number of fused-ring (bicyclic) bond motifs is 1. The number of rotatable bonds is 3. The molecule has 0 unspecified atom stereocenters. The van der Waals surface area contributed by atoms with Crippen molar-refractivity contribution in [3.63, 3.8) is 0 Å². The van der Waals surface area contributed by atoms with Crippen molar-refractivity contribution in [1.82, 2.24) is 10.2 Å². The summed E-state index contributed by atoms with van der Waals surface area (Å²) in [4.78, 5) is 0. The van der Waals surface area contributed by atoms with Gasteiger partial charge in [-0.2, -0.15) is 10.4 Å². The van der Waals surface area contributed by atoms with Crippen molar-refractivity contribution in [3.05, 3.63) is 45.1 Å². The number of benzene rings is 1. The number of aryl methyl sites for hydroxylation is 1. The van der Waals surface area contributed by atoms with Gasteiger partial charge in [0.2, 0.25) is 0 Å². The summed E-state index contributed by atoms with van der Waals surface area (Å²) in [6.07, 6.45) is 0.871. The van der Waals surface area contributed by atoms with Crippen LogP contribution >= 0.6 is 11.6 Å². The Hall–Kier alpha value is -2.32. The predicted octanol–water partition coefficient (Wildman–Crippen LogP) is 3.17. The van der Waals surface area contributed by atoms with Gasteiger partial charge in [-0.3, -0.25) is 0 Å². The Kier molecular flexibility index (Phi) is 3.86. The van der Waals surface area contributed by atoms with Crippen LogP contribution in [-0.2, 0) is 13.0 Å². The van der Waals surface area contributed by atoms with E-state index in [1.54, 1.807) is 0 Å². The molecule has 3 rings (SSSR count). The summed E-state index contributed by atoms with van der Waals surface area (Å²) >= 11 is 6.15. The van der Waals surface area contributed by atoms with Gasteiger partial charge in [0.1, 0.15) is 17.4 Å². The van der Waals surface area contributed by atoms with E-state index in [0.717, 1.165) is 34.6 Å². The first kappa shape index (κ1) is 14.6. The van der Waals surface area contributed by atoms with Gasteiger partial charge in [0.25, 0.3) is 0 Å². The van der Waals surface area contributed by atoms with Crippen molar-refractivity contribution in [2.24, 2.45) is 0 Å². The van der Waals surface area contributed by atoms with Crippen molar-refractivity contribution in [1.29, 1.82) is 5.26 Å². The Balaban J connectivity index is 1.88. The van der Waals surface area contributed by atoms with Crippen LogP contribution in [0.4, 0.5) is 5.82 Å². The Bertz CT molecular complexity index is 783. The van der Waals surface area contributed by atoms with E-state index in [2.05, 4.69) is 21.6 Å². The van der Waals surface area contributed by atoms with Crippen LogP contribution in [-0.4, -0.2) is 16.8 Å². The number of nitrogens with one attached hydrogen (secondary N) is 1. The van der Waals surface area contributed by atoms with Gasteiger partial charge in [0.05, 0.1) is 12.3 Å². The van der Waals surface area contributed by atoms with Crippen LogP contribution in [0.1, 0.15) is 27.9 Å². The van der Waals surface area contributed by atoms with Crippen molar-refractivity contribution >= 4 is 17.4 Å². The third-order valence-corrected chi connectivity index (χ3v) is 4.06. The third kappa shape index (κ3) is 2.58. The zero-order valence-corrected chi connectivity index (χ0v) is 13.2. The minimum absolute atomic E-state index is 0.481. The second-order valence-corrected chi connectivity index (χ2v) is 5.69. The van der Waals surface area contributed by atoms with Crippen molar-refractivity contribution in [3.8, 4) is 11.8 Å². The molecule has 22 heavy (non-hydrogen) atoms. The summed E-state index contributed by atoms with van der Waals surface area (Å²) in [5.41, 5.74) is 4.20. The number of aromatic nitrogens is 2. The van der Waals surface area contributed by atoms with E-state index in [9.17, 15) is 5.26 Å². The lowest BCUT2D eigenvalue weighted by atomic mass is 10.1. The molecule has 1 aromatic heterocycles. The largest absolute Gasteiger partial charge is 0.493 e. The molecule has 1 aromatic carbocycles. The molecule has 0 amide bonds. The Morgan fingerprint density at radius 2 is 2.18 bits per heavy atom. The van der Waals surface area contributed by atoms with Crippen molar-refractivity contribution in [2.45, 2.75) is 26.8 Å². The fourth-order valence-corrected chi connectivity index (χ4v) is 2.79. The lowest BCUT2D eigenvalue weighted by molar-refractivity contribution is 0.354. The van der Waals surface area contributed by atoms with E-state index in [-0.39, 0.29) is 0 Å². The molecule has 0 spiro atoms. The number of hydrogen-bond acceptors (Lipinski definition) is 5. The third-order valence-electron chi connectivity index (χ3n) is 3.84. The summed E-state index contributed by atoms with van der Waals surface area (Å²) in [5, 5.41) is 21.3. The van der Waals surface area contributed by atoms with Crippen LogP contribution in [0.5, 0.6) is 5.75 Å². The van der Waals surface area contributed by atoms with Crippen LogP contribution in [0.15, 0.2) is 12.1 Å². The zero-order valence-electron chi connectivity index (χ0n) is 12.4. The Morgan fingerprint density at radius 3 is 2.95 bits per heavy atom. The lowest BCUT2D eigenvalue weighted by Gasteiger charge is -2.12. The first-order valence-corrected chi connectivity index (χ1v) is 7.40. The van der Waals surface area contributed by atoms with E-state index >= 15 is 0 Å². The van der Waals surface area contributed by atoms with Crippen LogP contribution < -0.4 is 10.1 Å². The molecule has 0 fully saturated rings. The maximum atomic E-state index is 9.32. The molecule has 1 aliphatic rings. The normalized spacial score (nSPS) is 12.5. The number of nitriles is 1. The van der Waals surface area contributed by atoms with Crippen LogP contribution in [0, 0.1) is 25.2 Å². The minimum Gasteiger partial charge on any atom is -0.493 e. The van der Waals surface area contributed by atoms with Crippen LogP contribution in [0.3, 0.4) is 0 Å². The topological polar surface area (TPSA) is 70.8 Å². The second kappa shape index (κ2) is 5.82. The molecular weight excluding hydrogens is 300 g/mol. The van der Waals surface area contributed by atoms with E-state index < -0.39 is 0 Å². The van der Waals surface area contributed by atoms with Gasteiger partial charge in [-0.25, -0.2) is 0 Å². The molecule has 0 saturated carbocycles. The van der Waals surface area contributed by atoms with Crippen molar-refractivity contribution < 1.29 is 4.74 Å². The molecule has 0 bridgehead atoms. The first-order chi connectivity index (χ1) is 10.6. The standard InChI is InChI=1S/C16H15ClN4O/c1-9-10(2)20-21-16(14(9)7-18)19-8-12-6-13(17)5-11-3-4-22-15(11)12/h5-6H,3-4,8H2,1-2H3,(H,19,21). The summed E-state index contributed by atoms with van der Waals surface area (Å²) in [6, 6.07) is 5.99. The average Bonchev–Trinajstić information content (AvgIpc) is 2.96. The predicted molar refractivity (Wildman–Crippen MR) is 84.2 cm³/mol. The number of anilines is 1. The van der Waals surface area contributed by atoms with Gasteiger partial charge in [0.15, 0.2) is 5.82 Å². The van der Waals surface area contributed by atoms with E-state index in [1.165, 1.54) is 0 Å². The van der Waals surface area contributed by atoms with E-state index in [0.29, 0.717) is 29.6 Å². The summed E-state index contributed by atoms with van der Waals surface area (Å²) in [7, 11) is 0. The Morgan fingerprint density at radius 1 is 1.36 bits per heavy atom. The molecule has 1 N–H and O–H groups in total. The van der Waals surface area contributed by atoms with Crippen LogP contribution in [0.25, 0.3) is 0 Å². The van der Waals surface area contributed by atoms with Crippen molar-refractivity contribution in [2.75, 3.05) is 11.9 Å². The summed E-state index contributed by atoms with van der Waals surface area (Å²) in [6.45, 7) is 4.86. The summed E-state index contributed by atoms with van der Waals surface area (Å²) in [5.74, 6) is 1.37. The minimum atomic E-state index is 0.481. The molecule has 2 aromatic rings. The van der Waals surface area contributed by atoms with Gasteiger partial charge < -0.3 is 10.1 Å². The maximum Gasteiger partial charge on any atom is 0.167 e. The maximum absolute atomic E-state index is 9.32. The lowest BCUT2D eigenvalue weighted by Crippen LogP contribution is -2.08. The average molecular weight is 315 g/mol. The molecule has 2 heterocycles. The molecular formula is C16H15ClN4O. The highest BCUT2D eigenvalue weighted by molar-refractivity contribution is 6.30. The molecule has 0 radical (unpaired) electrons. The fourth-order valence-electron chi connectivity index (χ4n) is 2.53. The zero-order chi connectivity index (χ0) is 15.7. The second-order valence-electron chi connectivity index (χ2n) is 5.25. The smallest absolute Gasteiger partial charge is 0.167 e. The SMILES string of the molecule is Cc1nnc(NCc2cc(Cl)cc3c2OCC3)c(C#N)c1C. The molecule has 0 saturated heterocycles. The monoisotopic (exact) mass is 314 g/mol. The number of ether oxygens (including phenoxy) is 1. The van der Waals surface area contributed by atoms with E-state index in [4.69, 9.17) is 16.3 Å². The molecule has 112 valence electrons. The van der Waals surface area contributed by atoms with Gasteiger partial charge in [0, 0.05) is 23.6 Å². The molecule has 0 atom stereocenters. The number of halogens is 1. The van der Waals surface area contributed by atoms with Gasteiger partial charge in [-0.05, 0) is 37.1 Å². The number of nitrogens with zero attached hydrogens (tertiary/aromatic N) is 3. The molecule has 1 aliphatic heterocycles. The fraction of sp³-hybridized carbons (Fsp3) is 0.312. The number of hydrogen-bond donors (Lipinski definition) is 1. The summed E-state index contributed by atoms with van der Waals surface area (Å²) < 4.78 is 5.67. The first-order valence-electron chi connectivity index (χ1n) is 7.02. The van der Waals surface area contributed by atoms with Gasteiger partial charge in [-0.15, -0.1) is 5.10 Å². The highest BCUT2D eigenvalue weighted by atomic mass is 35.5. The van der Waals surface area contributed by atoms with Gasteiger partial charge >= 0.3 is 0 Å². The molecule has 6 heteroatoms. The quantitative estimate of drug-likeness (QED) is 0.942. The Labute approximate surface area is 133 Å². The highest BCUT2D eigenvalue weighted by Gasteiger charge is 2.18.